The molecule has 0 saturated carbocycles. The first-order valence-corrected chi connectivity index (χ1v) is 6.48. The van der Waals surface area contributed by atoms with Gasteiger partial charge in [0.15, 0.2) is 0 Å². The molecule has 118 valence electrons. The van der Waals surface area contributed by atoms with Gasteiger partial charge in [-0.05, 0) is 36.4 Å². The van der Waals surface area contributed by atoms with Crippen LogP contribution in [0, 0.1) is 0 Å². The molecule has 23 heavy (non-hydrogen) atoms. The Morgan fingerprint density at radius 1 is 0.913 bits per heavy atom. The Balaban J connectivity index is 1.97. The number of nitrogens with one attached hydrogen (secondary N) is 1. The van der Waals surface area contributed by atoms with E-state index < -0.39 is 23.6 Å². The summed E-state index contributed by atoms with van der Waals surface area (Å²) in [7, 11) is 0. The second-order valence-corrected chi connectivity index (χ2v) is 4.48. The lowest BCUT2D eigenvalue weighted by molar-refractivity contribution is -0.137. The molecule has 1 N–H and O–H groups in total. The normalized spacial score (nSPS) is 11.4. The van der Waals surface area contributed by atoms with Gasteiger partial charge < -0.3 is 5.32 Å². The van der Waals surface area contributed by atoms with Crippen LogP contribution in [-0.2, 0) is 6.18 Å². The zero-order valence-electron chi connectivity index (χ0n) is 11.7. The van der Waals surface area contributed by atoms with Crippen LogP contribution in [0.15, 0.2) is 59.6 Å². The summed E-state index contributed by atoms with van der Waals surface area (Å²) in [4.78, 5) is 26.9. The van der Waals surface area contributed by atoms with Crippen molar-refractivity contribution in [3.8, 4) is 0 Å². The van der Waals surface area contributed by atoms with Gasteiger partial charge in [0.05, 0.1) is 11.9 Å². The molecule has 4 nitrogen and oxygen atoms in total. The predicted molar refractivity (Wildman–Crippen MR) is 78.2 cm³/mol. The molecule has 0 spiro atoms. The first-order chi connectivity index (χ1) is 10.9. The molecule has 0 radical (unpaired) electrons. The quantitative estimate of drug-likeness (QED) is 0.697. The van der Waals surface area contributed by atoms with E-state index in [0.29, 0.717) is 5.56 Å². The van der Waals surface area contributed by atoms with Gasteiger partial charge >= 0.3 is 6.18 Å². The maximum absolute atomic E-state index is 12.4. The van der Waals surface area contributed by atoms with Crippen molar-refractivity contribution in [2.75, 3.05) is 0 Å². The molecule has 2 amide bonds. The van der Waals surface area contributed by atoms with Gasteiger partial charge in [-0.3, -0.25) is 9.59 Å². The largest absolute Gasteiger partial charge is 0.416 e. The number of carbonyl (C=O) groups is 2. The van der Waals surface area contributed by atoms with Crippen LogP contribution >= 0.6 is 0 Å². The van der Waals surface area contributed by atoms with Gasteiger partial charge in [-0.25, -0.2) is 0 Å². The topological polar surface area (TPSA) is 58.5 Å². The van der Waals surface area contributed by atoms with Gasteiger partial charge in [0.2, 0.25) is 0 Å². The molecule has 0 fully saturated rings. The second-order valence-electron chi connectivity index (χ2n) is 4.48. The van der Waals surface area contributed by atoms with Crippen molar-refractivity contribution < 1.29 is 22.8 Å². The summed E-state index contributed by atoms with van der Waals surface area (Å²) >= 11 is 0. The van der Waals surface area contributed by atoms with E-state index in [-0.39, 0.29) is 5.56 Å². The number of alkyl halides is 3. The fraction of sp³-hybridized carbons (Fsp3) is 0.0625. The molecule has 0 aliphatic carbocycles. The second kappa shape index (κ2) is 6.87. The van der Waals surface area contributed by atoms with Gasteiger partial charge in [0.1, 0.15) is 0 Å². The Bertz CT molecular complexity index is 723. The Hall–Kier alpha value is -2.96. The van der Waals surface area contributed by atoms with Gasteiger partial charge in [0.25, 0.3) is 11.8 Å². The monoisotopic (exact) mass is 320 g/mol. The molecule has 0 heterocycles. The van der Waals surface area contributed by atoms with E-state index in [1.165, 1.54) is 0 Å². The summed E-state index contributed by atoms with van der Waals surface area (Å²) in [5, 5.41) is 2.23. The number of nitrogens with zero attached hydrogens (tertiary/aromatic N) is 1. The molecule has 2 aromatic carbocycles. The van der Waals surface area contributed by atoms with Gasteiger partial charge in [-0.2, -0.15) is 18.2 Å². The van der Waals surface area contributed by atoms with Crippen molar-refractivity contribution in [2.45, 2.75) is 6.18 Å². The minimum atomic E-state index is -4.46. The van der Waals surface area contributed by atoms with Crippen molar-refractivity contribution in [3.63, 3.8) is 0 Å². The van der Waals surface area contributed by atoms with Crippen LogP contribution in [0.25, 0.3) is 0 Å². The zero-order valence-corrected chi connectivity index (χ0v) is 11.7. The minimum Gasteiger partial charge on any atom is -0.313 e. The third kappa shape index (κ3) is 4.50. The van der Waals surface area contributed by atoms with E-state index in [1.54, 1.807) is 30.3 Å². The number of halogens is 3. The molecular weight excluding hydrogens is 309 g/mol. The lowest BCUT2D eigenvalue weighted by atomic mass is 10.1. The van der Waals surface area contributed by atoms with Crippen LogP contribution < -0.4 is 5.32 Å². The molecule has 0 aromatic heterocycles. The van der Waals surface area contributed by atoms with Crippen LogP contribution in [0.5, 0.6) is 0 Å². The molecule has 0 unspecified atom stereocenters. The highest BCUT2D eigenvalue weighted by atomic mass is 19.4. The summed E-state index contributed by atoms with van der Waals surface area (Å²) in [6, 6.07) is 11.9. The van der Waals surface area contributed by atoms with Crippen LogP contribution in [0.3, 0.4) is 0 Å². The van der Waals surface area contributed by atoms with Crippen molar-refractivity contribution in [2.24, 2.45) is 4.99 Å². The first-order valence-electron chi connectivity index (χ1n) is 6.48. The van der Waals surface area contributed by atoms with Crippen LogP contribution in [0.2, 0.25) is 0 Å². The summed E-state index contributed by atoms with van der Waals surface area (Å²) < 4.78 is 37.2. The van der Waals surface area contributed by atoms with Gasteiger partial charge in [-0.15, -0.1) is 0 Å². The Morgan fingerprint density at radius 3 is 2.09 bits per heavy atom. The molecule has 0 aliphatic heterocycles. The van der Waals surface area contributed by atoms with Crippen molar-refractivity contribution >= 4 is 18.2 Å². The van der Waals surface area contributed by atoms with E-state index in [0.717, 1.165) is 30.6 Å². The van der Waals surface area contributed by atoms with Crippen LogP contribution in [0.4, 0.5) is 13.2 Å². The number of benzene rings is 2. The molecular formula is C16H11F3N2O2. The van der Waals surface area contributed by atoms with Gasteiger partial charge in [-0.1, -0.05) is 18.2 Å². The third-order valence-corrected chi connectivity index (χ3v) is 2.87. The molecule has 0 bridgehead atoms. The Kier molecular flexibility index (Phi) is 4.90. The maximum atomic E-state index is 12.4. The fourth-order valence-electron chi connectivity index (χ4n) is 1.70. The number of aliphatic imine (C=N–C) groups is 1. The van der Waals surface area contributed by atoms with Crippen molar-refractivity contribution in [1.29, 1.82) is 0 Å². The summed E-state index contributed by atoms with van der Waals surface area (Å²) in [6.45, 7) is 0. The molecule has 7 heteroatoms. The Labute approximate surface area is 129 Å². The Morgan fingerprint density at radius 2 is 1.52 bits per heavy atom. The highest BCUT2D eigenvalue weighted by molar-refractivity contribution is 6.04. The summed E-state index contributed by atoms with van der Waals surface area (Å²) in [5.74, 6) is -1.21. The van der Waals surface area contributed by atoms with E-state index in [9.17, 15) is 22.8 Å². The zero-order chi connectivity index (χ0) is 16.9. The molecule has 2 rings (SSSR count). The van der Waals surface area contributed by atoms with E-state index >= 15 is 0 Å². The number of rotatable bonds is 3. The standard InChI is InChI=1S/C16H11F3N2O2/c17-16(18,19)13-8-6-12(7-9-13)15(23)21-10-20-14(22)11-4-2-1-3-5-11/h1-10H,(H,20,21,22,23). The van der Waals surface area contributed by atoms with Crippen LogP contribution in [0.1, 0.15) is 26.3 Å². The van der Waals surface area contributed by atoms with E-state index in [4.69, 9.17) is 0 Å². The third-order valence-electron chi connectivity index (χ3n) is 2.87. The van der Waals surface area contributed by atoms with E-state index in [1.807, 2.05) is 0 Å². The highest BCUT2D eigenvalue weighted by Crippen LogP contribution is 2.28. The summed E-state index contributed by atoms with van der Waals surface area (Å²) in [5.41, 5.74) is -0.467. The lowest BCUT2D eigenvalue weighted by Crippen LogP contribution is -2.22. The molecule has 2 aromatic rings. The average Bonchev–Trinajstić information content (AvgIpc) is 2.54. The van der Waals surface area contributed by atoms with Gasteiger partial charge in [0, 0.05) is 11.1 Å². The number of carbonyl (C=O) groups excluding carboxylic acids is 2. The van der Waals surface area contributed by atoms with Crippen LogP contribution in [-0.4, -0.2) is 18.2 Å². The molecule has 0 saturated heterocycles. The van der Waals surface area contributed by atoms with E-state index in [2.05, 4.69) is 10.3 Å². The van der Waals surface area contributed by atoms with Crippen molar-refractivity contribution in [1.82, 2.24) is 5.32 Å². The SMILES string of the molecule is O=C(N=CNC(=O)c1ccc(C(F)(F)F)cc1)c1ccccc1. The number of hydrogen-bond acceptors (Lipinski definition) is 2. The lowest BCUT2D eigenvalue weighted by Gasteiger charge is -2.06. The minimum absolute atomic E-state index is 0.0246. The average molecular weight is 320 g/mol. The highest BCUT2D eigenvalue weighted by Gasteiger charge is 2.30. The summed E-state index contributed by atoms with van der Waals surface area (Å²) in [6.07, 6.45) is -3.55. The number of amides is 2. The predicted octanol–water partition coefficient (Wildman–Crippen LogP) is 3.30. The first kappa shape index (κ1) is 16.4. The number of hydrogen-bond donors (Lipinski definition) is 1. The van der Waals surface area contributed by atoms with Crippen molar-refractivity contribution in [3.05, 3.63) is 71.3 Å². The smallest absolute Gasteiger partial charge is 0.313 e. The molecule has 0 atom stereocenters. The maximum Gasteiger partial charge on any atom is 0.416 e. The molecule has 0 aliphatic rings. The fourth-order valence-corrected chi connectivity index (χ4v) is 1.70.